The lowest BCUT2D eigenvalue weighted by Crippen LogP contribution is -1.97. The number of carbonyl (C=O) groups excluding carboxylic acids is 1. The van der Waals surface area contributed by atoms with Crippen LogP contribution < -0.4 is 0 Å². The summed E-state index contributed by atoms with van der Waals surface area (Å²) in [7, 11) is 0. The van der Waals surface area contributed by atoms with E-state index in [9.17, 15) is 4.79 Å². The smallest absolute Gasteiger partial charge is 0.163 e. The number of benzene rings is 1. The van der Waals surface area contributed by atoms with Crippen LogP contribution in [0.4, 0.5) is 0 Å². The Bertz CT molecular complexity index is 431. The molecule has 0 atom stereocenters. The second kappa shape index (κ2) is 5.61. The first-order valence-corrected chi connectivity index (χ1v) is 6.40. The Hall–Kier alpha value is -1.41. The summed E-state index contributed by atoms with van der Waals surface area (Å²) in [5.74, 6) is 0.261. The summed E-state index contributed by atoms with van der Waals surface area (Å²) in [5, 5.41) is 3.87. The lowest BCUT2D eigenvalue weighted by molar-refractivity contribution is 0.0980. The fourth-order valence-corrected chi connectivity index (χ4v) is 2.33. The Morgan fingerprint density at radius 1 is 1.12 bits per heavy atom. The molecule has 0 saturated heterocycles. The molecular weight excluding hydrogens is 216 g/mol. The van der Waals surface area contributed by atoms with E-state index in [0.29, 0.717) is 6.42 Å². The molecule has 0 aliphatic rings. The number of rotatable bonds is 5. The molecule has 1 aromatic carbocycles. The van der Waals surface area contributed by atoms with Crippen LogP contribution in [0, 0.1) is 0 Å². The fourth-order valence-electron chi connectivity index (χ4n) is 1.67. The molecule has 1 heterocycles. The summed E-state index contributed by atoms with van der Waals surface area (Å²) in [4.78, 5) is 11.7. The van der Waals surface area contributed by atoms with Crippen molar-refractivity contribution in [2.45, 2.75) is 19.3 Å². The van der Waals surface area contributed by atoms with Gasteiger partial charge in [0.05, 0.1) is 0 Å². The number of carbonyl (C=O) groups is 1. The van der Waals surface area contributed by atoms with Gasteiger partial charge in [-0.05, 0) is 29.9 Å². The highest BCUT2D eigenvalue weighted by molar-refractivity contribution is 7.08. The van der Waals surface area contributed by atoms with Crippen molar-refractivity contribution in [1.29, 1.82) is 0 Å². The predicted octanol–water partition coefficient (Wildman–Crippen LogP) is 3.95. The van der Waals surface area contributed by atoms with Crippen molar-refractivity contribution in [2.24, 2.45) is 0 Å². The van der Waals surface area contributed by atoms with Gasteiger partial charge in [-0.2, -0.15) is 11.3 Å². The summed E-state index contributed by atoms with van der Waals surface area (Å²) < 4.78 is 0. The van der Waals surface area contributed by atoms with Crippen molar-refractivity contribution < 1.29 is 4.79 Å². The molecule has 0 aliphatic heterocycles. The molecule has 0 fully saturated rings. The molecule has 0 bridgehead atoms. The third kappa shape index (κ3) is 3.04. The number of thiophene rings is 1. The van der Waals surface area contributed by atoms with E-state index in [0.717, 1.165) is 18.4 Å². The lowest BCUT2D eigenvalue weighted by atomic mass is 10.0. The fraction of sp³-hybridized carbons (Fsp3) is 0.214. The molecule has 2 aromatic rings. The number of hydrogen-bond donors (Lipinski definition) is 0. The molecule has 0 radical (unpaired) electrons. The normalized spacial score (nSPS) is 10.2. The van der Waals surface area contributed by atoms with Crippen molar-refractivity contribution in [3.8, 4) is 0 Å². The van der Waals surface area contributed by atoms with Gasteiger partial charge in [-0.3, -0.25) is 4.79 Å². The quantitative estimate of drug-likeness (QED) is 0.711. The Kier molecular flexibility index (Phi) is 3.89. The first-order chi connectivity index (χ1) is 7.86. The third-order valence-corrected chi connectivity index (χ3v) is 3.24. The molecule has 2 rings (SSSR count). The van der Waals surface area contributed by atoms with Crippen LogP contribution >= 0.6 is 11.3 Å². The van der Waals surface area contributed by atoms with Gasteiger partial charge in [0.1, 0.15) is 0 Å². The Morgan fingerprint density at radius 2 is 1.94 bits per heavy atom. The van der Waals surface area contributed by atoms with E-state index >= 15 is 0 Å². The van der Waals surface area contributed by atoms with Gasteiger partial charge >= 0.3 is 0 Å². The maximum atomic E-state index is 11.7. The molecule has 0 amide bonds. The van der Waals surface area contributed by atoms with Crippen LogP contribution in [0.5, 0.6) is 0 Å². The van der Waals surface area contributed by atoms with E-state index in [1.807, 2.05) is 35.0 Å². The molecule has 0 spiro atoms. The Balaban J connectivity index is 1.79. The van der Waals surface area contributed by atoms with Crippen molar-refractivity contribution >= 4 is 17.1 Å². The minimum absolute atomic E-state index is 0.261. The van der Waals surface area contributed by atoms with Crippen LogP contribution in [0.3, 0.4) is 0 Å². The maximum absolute atomic E-state index is 11.7. The lowest BCUT2D eigenvalue weighted by Gasteiger charge is -2.00. The molecule has 1 nitrogen and oxygen atoms in total. The summed E-state index contributed by atoms with van der Waals surface area (Å²) >= 11 is 1.58. The second-order valence-electron chi connectivity index (χ2n) is 3.77. The number of hydrogen-bond acceptors (Lipinski definition) is 2. The van der Waals surface area contributed by atoms with Crippen molar-refractivity contribution in [3.05, 3.63) is 58.3 Å². The Labute approximate surface area is 99.8 Å². The molecule has 0 aliphatic carbocycles. The van der Waals surface area contributed by atoms with E-state index in [2.05, 4.69) is 12.1 Å². The van der Waals surface area contributed by atoms with E-state index in [1.54, 1.807) is 11.3 Å². The van der Waals surface area contributed by atoms with Crippen LogP contribution in [0.15, 0.2) is 47.2 Å². The van der Waals surface area contributed by atoms with Crippen molar-refractivity contribution in [2.75, 3.05) is 0 Å². The molecule has 1 aromatic heterocycles. The van der Waals surface area contributed by atoms with E-state index in [4.69, 9.17) is 0 Å². The minimum Gasteiger partial charge on any atom is -0.294 e. The minimum atomic E-state index is 0.261. The predicted molar refractivity (Wildman–Crippen MR) is 68.0 cm³/mol. The molecule has 82 valence electrons. The van der Waals surface area contributed by atoms with Crippen LogP contribution in [0.1, 0.15) is 28.8 Å². The van der Waals surface area contributed by atoms with E-state index < -0.39 is 0 Å². The first kappa shape index (κ1) is 11.1. The number of aryl methyl sites for hydroxylation is 1. The van der Waals surface area contributed by atoms with Gasteiger partial charge in [0.2, 0.25) is 0 Å². The highest BCUT2D eigenvalue weighted by Gasteiger charge is 2.05. The molecule has 0 saturated carbocycles. The molecular formula is C14H14OS. The van der Waals surface area contributed by atoms with E-state index in [-0.39, 0.29) is 5.78 Å². The summed E-state index contributed by atoms with van der Waals surface area (Å²) in [5.41, 5.74) is 2.17. The van der Waals surface area contributed by atoms with Gasteiger partial charge in [-0.15, -0.1) is 0 Å². The average molecular weight is 230 g/mol. The van der Waals surface area contributed by atoms with Crippen LogP contribution in [-0.2, 0) is 6.42 Å². The van der Waals surface area contributed by atoms with Gasteiger partial charge in [0.15, 0.2) is 5.78 Å². The van der Waals surface area contributed by atoms with Gasteiger partial charge < -0.3 is 0 Å². The summed E-state index contributed by atoms with van der Waals surface area (Å²) in [6, 6.07) is 12.2. The van der Waals surface area contributed by atoms with Crippen LogP contribution in [0.25, 0.3) is 0 Å². The van der Waals surface area contributed by atoms with Gasteiger partial charge in [-0.1, -0.05) is 30.3 Å². The Morgan fingerprint density at radius 3 is 2.62 bits per heavy atom. The summed E-state index contributed by atoms with van der Waals surface area (Å²) in [6.07, 6.45) is 2.56. The second-order valence-corrected chi connectivity index (χ2v) is 4.55. The first-order valence-electron chi connectivity index (χ1n) is 5.45. The molecule has 16 heavy (non-hydrogen) atoms. The SMILES string of the molecule is O=C(CCCc1ccccc1)c1ccsc1. The van der Waals surface area contributed by atoms with Crippen molar-refractivity contribution in [1.82, 2.24) is 0 Å². The summed E-state index contributed by atoms with van der Waals surface area (Å²) in [6.45, 7) is 0. The standard InChI is InChI=1S/C14H14OS/c15-14(13-9-10-16-11-13)8-4-7-12-5-2-1-3-6-12/h1-3,5-6,9-11H,4,7-8H2. The molecule has 2 heteroatoms. The van der Waals surface area contributed by atoms with Gasteiger partial charge in [0, 0.05) is 17.4 Å². The molecule has 0 unspecified atom stereocenters. The van der Waals surface area contributed by atoms with Crippen LogP contribution in [0.2, 0.25) is 0 Å². The monoisotopic (exact) mass is 230 g/mol. The zero-order valence-corrected chi connectivity index (χ0v) is 9.87. The topological polar surface area (TPSA) is 17.1 Å². The molecule has 0 N–H and O–H groups in total. The average Bonchev–Trinajstić information content (AvgIpc) is 2.84. The number of ketones is 1. The van der Waals surface area contributed by atoms with Gasteiger partial charge in [-0.25, -0.2) is 0 Å². The highest BCUT2D eigenvalue weighted by Crippen LogP contribution is 2.11. The number of Topliss-reactive ketones (excluding diaryl/α,β-unsaturated/α-hetero) is 1. The van der Waals surface area contributed by atoms with Crippen LogP contribution in [-0.4, -0.2) is 5.78 Å². The zero-order valence-electron chi connectivity index (χ0n) is 9.06. The highest BCUT2D eigenvalue weighted by atomic mass is 32.1. The van der Waals surface area contributed by atoms with Crippen molar-refractivity contribution in [3.63, 3.8) is 0 Å². The van der Waals surface area contributed by atoms with Gasteiger partial charge in [0.25, 0.3) is 0 Å². The largest absolute Gasteiger partial charge is 0.294 e. The maximum Gasteiger partial charge on any atom is 0.163 e. The zero-order chi connectivity index (χ0) is 11.2. The third-order valence-electron chi connectivity index (χ3n) is 2.56. The van der Waals surface area contributed by atoms with E-state index in [1.165, 1.54) is 5.56 Å².